The molecule has 2 N–H and O–H groups in total. The second-order valence-electron chi connectivity index (χ2n) is 12.9. The molecule has 9 heteroatoms. The van der Waals surface area contributed by atoms with Gasteiger partial charge in [-0.15, -0.1) is 0 Å². The average molecular weight is 639 g/mol. The van der Waals surface area contributed by atoms with E-state index in [0.29, 0.717) is 18.6 Å². The topological polar surface area (TPSA) is 128 Å². The summed E-state index contributed by atoms with van der Waals surface area (Å²) in [5.74, 6) is -0.479. The minimum Gasteiger partial charge on any atom is -0.460 e. The molecule has 0 saturated carbocycles. The monoisotopic (exact) mass is 638 g/mol. The fourth-order valence-electron chi connectivity index (χ4n) is 5.83. The van der Waals surface area contributed by atoms with E-state index in [4.69, 9.17) is 9.47 Å². The van der Waals surface area contributed by atoms with Crippen molar-refractivity contribution in [2.24, 2.45) is 0 Å². The molecule has 0 aliphatic rings. The summed E-state index contributed by atoms with van der Waals surface area (Å²) in [7, 11) is 0. The van der Waals surface area contributed by atoms with Crippen LogP contribution in [0.15, 0.2) is 0 Å². The van der Waals surface area contributed by atoms with E-state index in [0.717, 1.165) is 70.6 Å². The second kappa shape index (κ2) is 27.8. The van der Waals surface area contributed by atoms with Crippen LogP contribution < -0.4 is 10.6 Å². The Bertz CT molecular complexity index is 832. The van der Waals surface area contributed by atoms with Gasteiger partial charge in [0, 0.05) is 40.5 Å². The number of carbonyl (C=O) groups is 5. The summed E-state index contributed by atoms with van der Waals surface area (Å²) in [6.07, 6.45) is 21.6. The lowest BCUT2D eigenvalue weighted by Gasteiger charge is -2.24. The highest BCUT2D eigenvalue weighted by Crippen LogP contribution is 2.17. The van der Waals surface area contributed by atoms with E-state index < -0.39 is 0 Å². The maximum atomic E-state index is 12.2. The Morgan fingerprint density at radius 3 is 0.978 bits per heavy atom. The van der Waals surface area contributed by atoms with Crippen molar-refractivity contribution in [3.8, 4) is 0 Å². The van der Waals surface area contributed by atoms with E-state index in [-0.39, 0.29) is 48.0 Å². The van der Waals surface area contributed by atoms with Gasteiger partial charge in [0.15, 0.2) is 0 Å². The number of hydrogen-bond acceptors (Lipinski definition) is 7. The first-order chi connectivity index (χ1) is 21.4. The molecule has 0 aliphatic heterocycles. The number of carbonyl (C=O) groups excluding carboxylic acids is 5. The number of hydrogen-bond donors (Lipinski definition) is 2. The summed E-state index contributed by atoms with van der Waals surface area (Å²) in [5.41, 5.74) is 0. The van der Waals surface area contributed by atoms with Crippen molar-refractivity contribution in [1.29, 1.82) is 0 Å². The zero-order valence-corrected chi connectivity index (χ0v) is 29.5. The molecule has 45 heavy (non-hydrogen) atoms. The van der Waals surface area contributed by atoms with E-state index in [1.165, 1.54) is 79.1 Å². The Morgan fingerprint density at radius 2 is 0.711 bits per heavy atom. The minimum absolute atomic E-state index is 0.109. The molecule has 4 atom stereocenters. The first kappa shape index (κ1) is 42.6. The molecule has 0 aromatic heterocycles. The van der Waals surface area contributed by atoms with Gasteiger partial charge < -0.3 is 20.1 Å². The zero-order valence-electron chi connectivity index (χ0n) is 29.5. The largest absolute Gasteiger partial charge is 0.460 e. The van der Waals surface area contributed by atoms with Crippen LogP contribution in [0, 0.1) is 0 Å². The third-order valence-electron chi connectivity index (χ3n) is 8.25. The van der Waals surface area contributed by atoms with E-state index in [1.54, 1.807) is 0 Å². The molecule has 2 amide bonds. The second-order valence-corrected chi connectivity index (χ2v) is 12.9. The number of ether oxygens (including phenoxy) is 2. The number of nitrogens with one attached hydrogen (secondary N) is 2. The molecular formula is C36H66N2O7. The summed E-state index contributed by atoms with van der Waals surface area (Å²) < 4.78 is 10.8. The lowest BCUT2D eigenvalue weighted by molar-refractivity contribution is -0.149. The average Bonchev–Trinajstić information content (AvgIpc) is 2.94. The molecule has 0 bridgehead atoms. The molecule has 0 unspecified atom stereocenters. The summed E-state index contributed by atoms with van der Waals surface area (Å²) >= 11 is 0. The molecule has 0 aliphatic carbocycles. The lowest BCUT2D eigenvalue weighted by Crippen LogP contribution is -2.42. The minimum atomic E-state index is -0.327. The third kappa shape index (κ3) is 27.6. The first-order valence-corrected chi connectivity index (χ1v) is 17.8. The van der Waals surface area contributed by atoms with Gasteiger partial charge >= 0.3 is 11.9 Å². The molecule has 0 aromatic rings. The summed E-state index contributed by atoms with van der Waals surface area (Å²) in [6.45, 7) is 9.49. The smallest absolute Gasteiger partial charge is 0.302 e. The molecule has 262 valence electrons. The van der Waals surface area contributed by atoms with Crippen LogP contribution in [0.25, 0.3) is 0 Å². The number of esters is 2. The van der Waals surface area contributed by atoms with Gasteiger partial charge in [-0.3, -0.25) is 24.0 Å². The van der Waals surface area contributed by atoms with Crippen molar-refractivity contribution in [2.45, 2.75) is 201 Å². The summed E-state index contributed by atoms with van der Waals surface area (Å²) in [5, 5.41) is 5.64. The first-order valence-electron chi connectivity index (χ1n) is 17.8. The SMILES string of the molecule is CC(=O)N[C@H](C)[C@@H](CCCCCCCCCCCCCCC(=O)CCCCCCC[C@@H](OC(C)=O)[C@@H](C)NC(C)=O)OC(C)=O. The van der Waals surface area contributed by atoms with Crippen molar-refractivity contribution < 1.29 is 33.4 Å². The van der Waals surface area contributed by atoms with Crippen molar-refractivity contribution in [3.63, 3.8) is 0 Å². The van der Waals surface area contributed by atoms with Crippen LogP contribution in [0.3, 0.4) is 0 Å². The van der Waals surface area contributed by atoms with Gasteiger partial charge in [0.05, 0.1) is 12.1 Å². The van der Waals surface area contributed by atoms with Crippen LogP contribution in [0.1, 0.15) is 176 Å². The Morgan fingerprint density at radius 1 is 0.444 bits per heavy atom. The van der Waals surface area contributed by atoms with Gasteiger partial charge in [0.25, 0.3) is 0 Å². The summed E-state index contributed by atoms with van der Waals surface area (Å²) in [4.78, 5) is 57.6. The van der Waals surface area contributed by atoms with Crippen molar-refractivity contribution in [1.82, 2.24) is 10.6 Å². The maximum Gasteiger partial charge on any atom is 0.302 e. The van der Waals surface area contributed by atoms with Crippen LogP contribution in [0.5, 0.6) is 0 Å². The van der Waals surface area contributed by atoms with Crippen molar-refractivity contribution in [3.05, 3.63) is 0 Å². The molecule has 0 rings (SSSR count). The highest BCUT2D eigenvalue weighted by Gasteiger charge is 2.21. The van der Waals surface area contributed by atoms with Gasteiger partial charge in [-0.25, -0.2) is 0 Å². The molecule has 0 spiro atoms. The highest BCUT2D eigenvalue weighted by atomic mass is 16.5. The fourth-order valence-corrected chi connectivity index (χ4v) is 5.83. The van der Waals surface area contributed by atoms with Gasteiger partial charge in [0.1, 0.15) is 18.0 Å². The number of Topliss-reactive ketones (excluding diaryl/α,β-unsaturated/α-hetero) is 1. The highest BCUT2D eigenvalue weighted by molar-refractivity contribution is 5.78. The van der Waals surface area contributed by atoms with E-state index in [9.17, 15) is 24.0 Å². The van der Waals surface area contributed by atoms with Gasteiger partial charge in [-0.1, -0.05) is 83.5 Å². The molecular weight excluding hydrogens is 572 g/mol. The number of rotatable bonds is 29. The number of amides is 2. The van der Waals surface area contributed by atoms with Gasteiger partial charge in [-0.2, -0.15) is 0 Å². The predicted molar refractivity (Wildman–Crippen MR) is 180 cm³/mol. The molecule has 0 heterocycles. The third-order valence-corrected chi connectivity index (χ3v) is 8.25. The van der Waals surface area contributed by atoms with Crippen LogP contribution in [0.2, 0.25) is 0 Å². The van der Waals surface area contributed by atoms with Crippen molar-refractivity contribution >= 4 is 29.5 Å². The molecule has 9 nitrogen and oxygen atoms in total. The Kier molecular flexibility index (Phi) is 26.3. The normalized spacial score (nSPS) is 13.7. The molecule has 0 fully saturated rings. The van der Waals surface area contributed by atoms with Crippen LogP contribution >= 0.6 is 0 Å². The van der Waals surface area contributed by atoms with Gasteiger partial charge in [-0.05, 0) is 52.4 Å². The standard InChI is InChI=1S/C36H66N2O7/c1-28(37-30(3)39)35(44-32(5)41)26-22-18-14-12-10-8-7-9-11-13-16-20-24-34(43)25-21-17-15-19-23-27-36(45-33(6)42)29(2)38-31(4)40/h28-29,35-36H,7-27H2,1-6H3,(H,37,39)(H,38,40)/t28-,29-,35-,36-/m1/s1. The molecule has 0 saturated heterocycles. The van der Waals surface area contributed by atoms with E-state index in [1.807, 2.05) is 13.8 Å². The Labute approximate surface area is 274 Å². The van der Waals surface area contributed by atoms with Crippen LogP contribution in [-0.2, 0) is 33.4 Å². The van der Waals surface area contributed by atoms with E-state index in [2.05, 4.69) is 10.6 Å². The number of ketones is 1. The predicted octanol–water partition coefficient (Wildman–Crippen LogP) is 7.66. The number of unbranched alkanes of at least 4 members (excludes halogenated alkanes) is 15. The summed E-state index contributed by atoms with van der Waals surface area (Å²) in [6, 6.07) is -0.375. The Hall–Kier alpha value is -2.45. The lowest BCUT2D eigenvalue weighted by atomic mass is 10.0. The maximum absolute atomic E-state index is 12.2. The quantitative estimate of drug-likeness (QED) is 0.0636. The zero-order chi connectivity index (χ0) is 33.9. The van der Waals surface area contributed by atoms with E-state index >= 15 is 0 Å². The van der Waals surface area contributed by atoms with Crippen LogP contribution in [0.4, 0.5) is 0 Å². The fraction of sp³-hybridized carbons (Fsp3) is 0.861. The molecule has 0 radical (unpaired) electrons. The van der Waals surface area contributed by atoms with Crippen LogP contribution in [-0.4, -0.2) is 53.8 Å². The van der Waals surface area contributed by atoms with Gasteiger partial charge in [0.2, 0.25) is 11.8 Å². The van der Waals surface area contributed by atoms with Crippen molar-refractivity contribution in [2.75, 3.05) is 0 Å². The molecule has 0 aromatic carbocycles. The Balaban J connectivity index is 3.64.